The van der Waals surface area contributed by atoms with Crippen molar-refractivity contribution >= 4 is 11.9 Å². The Labute approximate surface area is 121 Å². The summed E-state index contributed by atoms with van der Waals surface area (Å²) in [7, 11) is 1.46. The van der Waals surface area contributed by atoms with Gasteiger partial charge < -0.3 is 15.2 Å². The van der Waals surface area contributed by atoms with Crippen LogP contribution in [-0.2, 0) is 6.54 Å². The van der Waals surface area contributed by atoms with Crippen LogP contribution in [-0.4, -0.2) is 29.1 Å². The number of hydrogen-bond acceptors (Lipinski definition) is 4. The number of aromatic carboxylic acids is 1. The van der Waals surface area contributed by atoms with Crippen LogP contribution in [0.2, 0.25) is 0 Å². The van der Waals surface area contributed by atoms with Crippen LogP contribution < -0.4 is 10.1 Å². The molecule has 2 rings (SSSR count). The van der Waals surface area contributed by atoms with Crippen molar-refractivity contribution in [1.29, 1.82) is 0 Å². The molecule has 0 aliphatic rings. The minimum atomic E-state index is -1.00. The number of carbonyl (C=O) groups is 2. The second kappa shape index (κ2) is 6.51. The fourth-order valence-electron chi connectivity index (χ4n) is 1.82. The van der Waals surface area contributed by atoms with Crippen molar-refractivity contribution < 1.29 is 19.4 Å². The summed E-state index contributed by atoms with van der Waals surface area (Å²) in [5.74, 6) is -0.928. The molecule has 21 heavy (non-hydrogen) atoms. The van der Waals surface area contributed by atoms with E-state index in [1.165, 1.54) is 31.6 Å². The highest BCUT2D eigenvalue weighted by Crippen LogP contribution is 2.15. The quantitative estimate of drug-likeness (QED) is 0.873. The third-order valence-corrected chi connectivity index (χ3v) is 2.88. The molecule has 1 amide bonds. The maximum absolute atomic E-state index is 12.1. The molecular formula is C15H14N2O4. The molecule has 0 saturated heterocycles. The molecule has 0 bridgehead atoms. The fraction of sp³-hybridized carbons (Fsp3) is 0.133. The Bertz CT molecular complexity index is 670. The second-order valence-corrected chi connectivity index (χ2v) is 4.26. The number of pyridine rings is 1. The van der Waals surface area contributed by atoms with Crippen LogP contribution >= 0.6 is 0 Å². The largest absolute Gasteiger partial charge is 0.494 e. The van der Waals surface area contributed by atoms with Crippen molar-refractivity contribution in [2.45, 2.75) is 6.54 Å². The average molecular weight is 286 g/mol. The molecule has 1 aromatic carbocycles. The van der Waals surface area contributed by atoms with Gasteiger partial charge in [-0.1, -0.05) is 12.1 Å². The molecular weight excluding hydrogens is 272 g/mol. The first-order valence-corrected chi connectivity index (χ1v) is 6.20. The van der Waals surface area contributed by atoms with E-state index in [1.54, 1.807) is 18.2 Å². The van der Waals surface area contributed by atoms with Crippen LogP contribution in [0, 0.1) is 0 Å². The van der Waals surface area contributed by atoms with Gasteiger partial charge in [-0.25, -0.2) is 4.79 Å². The van der Waals surface area contributed by atoms with Crippen LogP contribution in [0.15, 0.2) is 42.7 Å². The van der Waals surface area contributed by atoms with Gasteiger partial charge in [-0.15, -0.1) is 0 Å². The molecule has 0 fully saturated rings. The molecule has 0 spiro atoms. The Morgan fingerprint density at radius 1 is 1.33 bits per heavy atom. The maximum Gasteiger partial charge on any atom is 0.335 e. The van der Waals surface area contributed by atoms with E-state index in [0.717, 1.165) is 0 Å². The van der Waals surface area contributed by atoms with Crippen molar-refractivity contribution in [2.24, 2.45) is 0 Å². The minimum absolute atomic E-state index is 0.184. The minimum Gasteiger partial charge on any atom is -0.494 e. The number of benzene rings is 1. The number of methoxy groups -OCH3 is 1. The summed E-state index contributed by atoms with van der Waals surface area (Å²) in [6.45, 7) is 0.228. The number of aromatic nitrogens is 1. The van der Waals surface area contributed by atoms with Crippen LogP contribution in [0.5, 0.6) is 5.75 Å². The summed E-state index contributed by atoms with van der Waals surface area (Å²) in [5, 5.41) is 11.6. The number of amides is 1. The Kier molecular flexibility index (Phi) is 4.50. The van der Waals surface area contributed by atoms with Gasteiger partial charge in [0.2, 0.25) is 0 Å². The monoisotopic (exact) mass is 286 g/mol. The second-order valence-electron chi connectivity index (χ2n) is 4.26. The zero-order valence-corrected chi connectivity index (χ0v) is 11.4. The van der Waals surface area contributed by atoms with Gasteiger partial charge in [0.25, 0.3) is 5.91 Å². The summed E-state index contributed by atoms with van der Waals surface area (Å²) >= 11 is 0. The van der Waals surface area contributed by atoms with Gasteiger partial charge >= 0.3 is 5.97 Å². The molecule has 2 N–H and O–H groups in total. The fourth-order valence-corrected chi connectivity index (χ4v) is 1.82. The predicted molar refractivity (Wildman–Crippen MR) is 75.4 cm³/mol. The summed E-state index contributed by atoms with van der Waals surface area (Å²) in [5.41, 5.74) is 1.27. The van der Waals surface area contributed by atoms with Gasteiger partial charge in [0.15, 0.2) is 0 Å². The SMILES string of the molecule is COc1cnccc1C(=O)NCc1cccc(C(=O)O)c1. The zero-order valence-electron chi connectivity index (χ0n) is 11.4. The Balaban J connectivity index is 2.07. The first-order valence-electron chi connectivity index (χ1n) is 6.20. The van der Waals surface area contributed by atoms with E-state index in [1.807, 2.05) is 0 Å². The predicted octanol–water partition coefficient (Wildman–Crippen LogP) is 1.72. The van der Waals surface area contributed by atoms with Gasteiger partial charge in [0, 0.05) is 12.7 Å². The molecule has 6 heteroatoms. The maximum atomic E-state index is 12.1. The number of nitrogens with one attached hydrogen (secondary N) is 1. The van der Waals surface area contributed by atoms with Gasteiger partial charge in [0.1, 0.15) is 5.75 Å². The van der Waals surface area contributed by atoms with Gasteiger partial charge in [0.05, 0.1) is 24.4 Å². The summed E-state index contributed by atoms with van der Waals surface area (Å²) in [6.07, 6.45) is 2.96. The normalized spacial score (nSPS) is 9.95. The van der Waals surface area contributed by atoms with Crippen LogP contribution in [0.25, 0.3) is 0 Å². The van der Waals surface area contributed by atoms with Crippen LogP contribution in [0.1, 0.15) is 26.3 Å². The first kappa shape index (κ1) is 14.5. The Morgan fingerprint density at radius 2 is 2.14 bits per heavy atom. The lowest BCUT2D eigenvalue weighted by atomic mass is 10.1. The van der Waals surface area contributed by atoms with Crippen molar-refractivity contribution in [3.05, 3.63) is 59.4 Å². The van der Waals surface area contributed by atoms with E-state index in [9.17, 15) is 9.59 Å². The average Bonchev–Trinajstić information content (AvgIpc) is 2.52. The van der Waals surface area contributed by atoms with Crippen LogP contribution in [0.4, 0.5) is 0 Å². The molecule has 6 nitrogen and oxygen atoms in total. The number of ether oxygens (including phenoxy) is 1. The third kappa shape index (κ3) is 3.56. The van der Waals surface area contributed by atoms with Gasteiger partial charge in [-0.2, -0.15) is 0 Å². The topological polar surface area (TPSA) is 88.5 Å². The van der Waals surface area contributed by atoms with Gasteiger partial charge in [-0.05, 0) is 23.8 Å². The van der Waals surface area contributed by atoms with E-state index in [4.69, 9.17) is 9.84 Å². The van der Waals surface area contributed by atoms with E-state index in [0.29, 0.717) is 16.9 Å². The van der Waals surface area contributed by atoms with E-state index >= 15 is 0 Å². The molecule has 108 valence electrons. The summed E-state index contributed by atoms with van der Waals surface area (Å²) in [6, 6.07) is 7.96. The smallest absolute Gasteiger partial charge is 0.335 e. The number of rotatable bonds is 5. The number of carbonyl (C=O) groups excluding carboxylic acids is 1. The highest BCUT2D eigenvalue weighted by Gasteiger charge is 2.11. The third-order valence-electron chi connectivity index (χ3n) is 2.88. The van der Waals surface area contributed by atoms with Crippen molar-refractivity contribution in [1.82, 2.24) is 10.3 Å². The highest BCUT2D eigenvalue weighted by atomic mass is 16.5. The summed E-state index contributed by atoms with van der Waals surface area (Å²) < 4.78 is 5.07. The molecule has 1 heterocycles. The first-order chi connectivity index (χ1) is 10.1. The van der Waals surface area contributed by atoms with Crippen molar-refractivity contribution in [3.8, 4) is 5.75 Å². The standard InChI is InChI=1S/C15H14N2O4/c1-21-13-9-16-6-5-12(13)14(18)17-8-10-3-2-4-11(7-10)15(19)20/h2-7,9H,8H2,1H3,(H,17,18)(H,19,20). The molecule has 0 aliphatic heterocycles. The number of hydrogen-bond donors (Lipinski definition) is 2. The lowest BCUT2D eigenvalue weighted by molar-refractivity contribution is 0.0696. The van der Waals surface area contributed by atoms with E-state index in [-0.39, 0.29) is 18.0 Å². The molecule has 0 atom stereocenters. The molecule has 1 aromatic heterocycles. The Morgan fingerprint density at radius 3 is 2.86 bits per heavy atom. The molecule has 0 aliphatic carbocycles. The summed E-state index contributed by atoms with van der Waals surface area (Å²) in [4.78, 5) is 26.8. The molecule has 0 saturated carbocycles. The van der Waals surface area contributed by atoms with Crippen molar-refractivity contribution in [3.63, 3.8) is 0 Å². The molecule has 0 unspecified atom stereocenters. The van der Waals surface area contributed by atoms with E-state index in [2.05, 4.69) is 10.3 Å². The highest BCUT2D eigenvalue weighted by molar-refractivity contribution is 5.96. The Hall–Kier alpha value is -2.89. The van der Waals surface area contributed by atoms with Crippen LogP contribution in [0.3, 0.4) is 0 Å². The van der Waals surface area contributed by atoms with E-state index < -0.39 is 5.97 Å². The number of carboxylic acids is 1. The molecule has 0 radical (unpaired) electrons. The number of carboxylic acid groups (broad SMARTS) is 1. The van der Waals surface area contributed by atoms with Gasteiger partial charge in [-0.3, -0.25) is 9.78 Å². The van der Waals surface area contributed by atoms with Crippen molar-refractivity contribution in [2.75, 3.05) is 7.11 Å². The lowest BCUT2D eigenvalue weighted by Gasteiger charge is -2.09. The molecule has 2 aromatic rings. The number of nitrogens with zero attached hydrogens (tertiary/aromatic N) is 1. The lowest BCUT2D eigenvalue weighted by Crippen LogP contribution is -2.23. The zero-order chi connectivity index (χ0) is 15.2.